The molecule has 6 nitrogen and oxygen atoms in total. The van der Waals surface area contributed by atoms with E-state index in [1.54, 1.807) is 0 Å². The van der Waals surface area contributed by atoms with Crippen molar-refractivity contribution in [2.75, 3.05) is 6.54 Å². The Morgan fingerprint density at radius 1 is 1.33 bits per heavy atom. The fraction of sp³-hybridized carbons (Fsp3) is 0.833. The Kier molecular flexibility index (Phi) is 4.95. The normalized spacial score (nSPS) is 23.7. The van der Waals surface area contributed by atoms with Crippen molar-refractivity contribution in [2.24, 2.45) is 5.73 Å². The fourth-order valence-corrected chi connectivity index (χ4v) is 1.99. The van der Waals surface area contributed by atoms with Crippen molar-refractivity contribution in [1.82, 2.24) is 10.6 Å². The van der Waals surface area contributed by atoms with Crippen molar-refractivity contribution in [3.63, 3.8) is 0 Å². The number of alkyl carbamates (subject to hydrolysis) is 1. The van der Waals surface area contributed by atoms with E-state index in [0.717, 1.165) is 12.8 Å². The van der Waals surface area contributed by atoms with Gasteiger partial charge in [-0.3, -0.25) is 4.79 Å². The third-order valence-corrected chi connectivity index (χ3v) is 2.67. The summed E-state index contributed by atoms with van der Waals surface area (Å²) in [7, 11) is 0. The molecule has 1 saturated heterocycles. The number of carbonyl (C=O) groups excluding carboxylic acids is 2. The number of ether oxygens (including phenoxy) is 1. The number of amides is 2. The predicted molar refractivity (Wildman–Crippen MR) is 68.0 cm³/mol. The van der Waals surface area contributed by atoms with Gasteiger partial charge >= 0.3 is 6.09 Å². The molecule has 18 heavy (non-hydrogen) atoms. The zero-order valence-electron chi connectivity index (χ0n) is 11.3. The zero-order chi connectivity index (χ0) is 13.8. The van der Waals surface area contributed by atoms with Gasteiger partial charge in [0.1, 0.15) is 5.60 Å². The van der Waals surface area contributed by atoms with Gasteiger partial charge in [0, 0.05) is 25.0 Å². The van der Waals surface area contributed by atoms with E-state index in [1.165, 1.54) is 0 Å². The van der Waals surface area contributed by atoms with Crippen molar-refractivity contribution in [3.05, 3.63) is 0 Å². The summed E-state index contributed by atoms with van der Waals surface area (Å²) in [5.74, 6) is -0.298. The van der Waals surface area contributed by atoms with Crippen molar-refractivity contribution in [3.8, 4) is 0 Å². The van der Waals surface area contributed by atoms with Crippen LogP contribution in [-0.2, 0) is 9.53 Å². The molecule has 104 valence electrons. The minimum atomic E-state index is -0.484. The summed E-state index contributed by atoms with van der Waals surface area (Å²) in [4.78, 5) is 22.2. The van der Waals surface area contributed by atoms with E-state index in [1.807, 2.05) is 20.8 Å². The monoisotopic (exact) mass is 257 g/mol. The van der Waals surface area contributed by atoms with Gasteiger partial charge in [0.2, 0.25) is 5.91 Å². The average molecular weight is 257 g/mol. The van der Waals surface area contributed by atoms with Crippen LogP contribution < -0.4 is 16.4 Å². The Hall–Kier alpha value is -1.30. The summed E-state index contributed by atoms with van der Waals surface area (Å²) < 4.78 is 5.14. The third kappa shape index (κ3) is 5.86. The molecule has 1 fully saturated rings. The molecule has 2 amide bonds. The van der Waals surface area contributed by atoms with Crippen LogP contribution in [0.15, 0.2) is 0 Å². The molecule has 0 radical (unpaired) electrons. The lowest BCUT2D eigenvalue weighted by atomic mass is 10.1. The number of nitrogens with one attached hydrogen (secondary N) is 2. The van der Waals surface area contributed by atoms with E-state index in [0.29, 0.717) is 13.0 Å². The first-order valence-corrected chi connectivity index (χ1v) is 6.27. The van der Waals surface area contributed by atoms with E-state index in [9.17, 15) is 9.59 Å². The first-order valence-electron chi connectivity index (χ1n) is 6.27. The maximum atomic E-state index is 11.4. The van der Waals surface area contributed by atoms with Crippen LogP contribution >= 0.6 is 0 Å². The van der Waals surface area contributed by atoms with Crippen LogP contribution in [0.25, 0.3) is 0 Å². The van der Waals surface area contributed by atoms with E-state index >= 15 is 0 Å². The van der Waals surface area contributed by atoms with Crippen LogP contribution in [-0.4, -0.2) is 36.2 Å². The molecule has 0 aliphatic carbocycles. The highest BCUT2D eigenvalue weighted by atomic mass is 16.6. The quantitative estimate of drug-likeness (QED) is 0.684. The van der Waals surface area contributed by atoms with Gasteiger partial charge in [-0.15, -0.1) is 0 Å². The second kappa shape index (κ2) is 6.04. The van der Waals surface area contributed by atoms with Gasteiger partial charge in [-0.2, -0.15) is 0 Å². The smallest absolute Gasteiger partial charge is 0.407 e. The van der Waals surface area contributed by atoms with Gasteiger partial charge in [0.15, 0.2) is 0 Å². The number of hydrogen-bond acceptors (Lipinski definition) is 4. The van der Waals surface area contributed by atoms with Crippen LogP contribution in [0.1, 0.15) is 40.0 Å². The van der Waals surface area contributed by atoms with E-state index in [2.05, 4.69) is 10.6 Å². The predicted octanol–water partition coefficient (Wildman–Crippen LogP) is 0.507. The molecule has 1 rings (SSSR count). The minimum Gasteiger partial charge on any atom is -0.444 e. The lowest BCUT2D eigenvalue weighted by molar-refractivity contribution is -0.118. The highest BCUT2D eigenvalue weighted by Gasteiger charge is 2.25. The molecule has 0 aromatic rings. The van der Waals surface area contributed by atoms with Crippen molar-refractivity contribution in [1.29, 1.82) is 0 Å². The molecular weight excluding hydrogens is 234 g/mol. The Balaban J connectivity index is 2.21. The second-order valence-corrected chi connectivity index (χ2v) is 5.69. The molecule has 1 aliphatic heterocycles. The lowest BCUT2D eigenvalue weighted by Crippen LogP contribution is -2.42. The second-order valence-electron chi connectivity index (χ2n) is 5.69. The zero-order valence-corrected chi connectivity index (χ0v) is 11.3. The summed E-state index contributed by atoms with van der Waals surface area (Å²) in [6.07, 6.45) is 1.77. The molecule has 2 atom stereocenters. The fourth-order valence-electron chi connectivity index (χ4n) is 1.99. The van der Waals surface area contributed by atoms with E-state index in [4.69, 9.17) is 10.5 Å². The molecular formula is C12H23N3O3. The molecule has 4 N–H and O–H groups in total. The Morgan fingerprint density at radius 2 is 1.94 bits per heavy atom. The minimum absolute atomic E-state index is 0.132. The van der Waals surface area contributed by atoms with E-state index < -0.39 is 11.7 Å². The van der Waals surface area contributed by atoms with Crippen molar-refractivity contribution >= 4 is 12.0 Å². The maximum Gasteiger partial charge on any atom is 0.407 e. The lowest BCUT2D eigenvalue weighted by Gasteiger charge is -2.21. The van der Waals surface area contributed by atoms with Crippen molar-refractivity contribution < 1.29 is 14.3 Å². The summed E-state index contributed by atoms with van der Waals surface area (Å²) in [6, 6.07) is 0.315. The Labute approximate surface area is 108 Å². The summed E-state index contributed by atoms with van der Waals surface area (Å²) >= 11 is 0. The first kappa shape index (κ1) is 14.8. The molecule has 6 heteroatoms. The number of rotatable bonds is 4. The average Bonchev–Trinajstić information content (AvgIpc) is 2.59. The highest BCUT2D eigenvalue weighted by Crippen LogP contribution is 2.14. The summed E-state index contributed by atoms with van der Waals surface area (Å²) in [5, 5.41) is 5.98. The topological polar surface area (TPSA) is 93.4 Å². The number of primary amides is 1. The third-order valence-electron chi connectivity index (χ3n) is 2.67. The van der Waals surface area contributed by atoms with E-state index in [-0.39, 0.29) is 18.0 Å². The molecule has 0 spiro atoms. The molecule has 0 saturated carbocycles. The molecule has 1 aliphatic rings. The van der Waals surface area contributed by atoms with Gasteiger partial charge in [-0.25, -0.2) is 4.79 Å². The number of nitrogens with two attached hydrogens (primary N) is 1. The van der Waals surface area contributed by atoms with Gasteiger partial charge in [-0.05, 0) is 33.6 Å². The molecule has 0 aromatic carbocycles. The van der Waals surface area contributed by atoms with Gasteiger partial charge < -0.3 is 21.1 Å². The van der Waals surface area contributed by atoms with Crippen molar-refractivity contribution in [2.45, 2.75) is 57.7 Å². The van der Waals surface area contributed by atoms with Crippen LogP contribution in [0.3, 0.4) is 0 Å². The maximum absolute atomic E-state index is 11.4. The van der Waals surface area contributed by atoms with Crippen LogP contribution in [0.4, 0.5) is 4.79 Å². The van der Waals surface area contributed by atoms with Gasteiger partial charge in [0.25, 0.3) is 0 Å². The molecule has 1 heterocycles. The van der Waals surface area contributed by atoms with Crippen LogP contribution in [0.5, 0.6) is 0 Å². The molecule has 0 unspecified atom stereocenters. The molecule has 0 aromatic heterocycles. The Bertz CT molecular complexity index is 312. The van der Waals surface area contributed by atoms with Gasteiger partial charge in [0.05, 0.1) is 0 Å². The van der Waals surface area contributed by atoms with Gasteiger partial charge in [-0.1, -0.05) is 0 Å². The largest absolute Gasteiger partial charge is 0.444 e. The summed E-state index contributed by atoms with van der Waals surface area (Å²) in [6.45, 7) is 5.97. The molecule has 0 bridgehead atoms. The summed E-state index contributed by atoms with van der Waals surface area (Å²) in [5.41, 5.74) is 4.66. The highest BCUT2D eigenvalue weighted by molar-refractivity contribution is 5.74. The standard InChI is InChI=1S/C12H23N3O3/c1-12(2,3)18-11(17)14-7-9-5-4-8(15-9)6-10(13)16/h8-9,15H,4-7H2,1-3H3,(H2,13,16)(H,14,17)/t8-,9+/m1/s1. The number of hydrogen-bond donors (Lipinski definition) is 3. The van der Waals surface area contributed by atoms with Crippen LogP contribution in [0, 0.1) is 0 Å². The SMILES string of the molecule is CC(C)(C)OC(=O)NC[C@@H]1CC[C@H](CC(N)=O)N1. The van der Waals surface area contributed by atoms with Crippen LogP contribution in [0.2, 0.25) is 0 Å². The Morgan fingerprint density at radius 3 is 2.50 bits per heavy atom. The first-order chi connectivity index (χ1) is 8.26. The number of carbonyl (C=O) groups is 2.